The lowest BCUT2D eigenvalue weighted by Gasteiger charge is -2.32. The fourth-order valence-electron chi connectivity index (χ4n) is 3.07. The Bertz CT molecular complexity index is 244. The van der Waals surface area contributed by atoms with E-state index in [9.17, 15) is 4.79 Å². The lowest BCUT2D eigenvalue weighted by molar-refractivity contribution is -0.123. The van der Waals surface area contributed by atoms with Crippen LogP contribution < -0.4 is 0 Å². The monoisotopic (exact) mass is 227 g/mol. The minimum atomic E-state index is 0.244. The van der Waals surface area contributed by atoms with Gasteiger partial charge in [0, 0.05) is 18.2 Å². The molecule has 2 aliphatic heterocycles. The third kappa shape index (κ3) is 2.09. The van der Waals surface area contributed by atoms with Crippen LogP contribution in [-0.2, 0) is 4.79 Å². The summed E-state index contributed by atoms with van der Waals surface area (Å²) in [4.78, 5) is 14.3. The van der Waals surface area contributed by atoms with Gasteiger partial charge in [-0.05, 0) is 31.1 Å². The highest BCUT2D eigenvalue weighted by Gasteiger charge is 2.43. The van der Waals surface area contributed by atoms with Gasteiger partial charge in [0.1, 0.15) is 5.78 Å². The second-order valence-corrected chi connectivity index (χ2v) is 5.74. The molecule has 0 saturated carbocycles. The quantitative estimate of drug-likeness (QED) is 0.737. The third-order valence-corrected chi connectivity index (χ3v) is 5.00. The number of carbonyl (C=O) groups excluding carboxylic acids is 1. The first kappa shape index (κ1) is 11.5. The van der Waals surface area contributed by atoms with Crippen LogP contribution in [0.1, 0.15) is 33.1 Å². The first-order chi connectivity index (χ1) is 7.27. The molecule has 3 heteroatoms. The van der Waals surface area contributed by atoms with Crippen LogP contribution in [0.3, 0.4) is 0 Å². The number of Topliss-reactive ketones (excluding diaryl/α,β-unsaturated/α-hetero) is 1. The summed E-state index contributed by atoms with van der Waals surface area (Å²) in [5.41, 5.74) is 0. The van der Waals surface area contributed by atoms with E-state index in [1.54, 1.807) is 0 Å². The second-order valence-electron chi connectivity index (χ2n) is 4.59. The molecule has 3 unspecified atom stereocenters. The molecule has 0 aromatic heterocycles. The summed E-state index contributed by atoms with van der Waals surface area (Å²) in [6.45, 7) is 5.22. The number of ketones is 1. The lowest BCUT2D eigenvalue weighted by Crippen LogP contribution is -2.43. The largest absolute Gasteiger partial charge is 0.298 e. The molecule has 2 fully saturated rings. The second kappa shape index (κ2) is 4.88. The summed E-state index contributed by atoms with van der Waals surface area (Å²) in [5, 5.41) is 0. The molecule has 2 aliphatic rings. The van der Waals surface area contributed by atoms with Crippen LogP contribution in [0.4, 0.5) is 0 Å². The van der Waals surface area contributed by atoms with Gasteiger partial charge in [0.05, 0.1) is 6.04 Å². The van der Waals surface area contributed by atoms with Gasteiger partial charge in [0.15, 0.2) is 0 Å². The fourth-order valence-corrected chi connectivity index (χ4v) is 4.41. The van der Waals surface area contributed by atoms with E-state index in [4.69, 9.17) is 0 Å². The van der Waals surface area contributed by atoms with E-state index < -0.39 is 0 Å². The van der Waals surface area contributed by atoms with Crippen molar-refractivity contribution < 1.29 is 4.79 Å². The molecule has 0 N–H and O–H groups in total. The van der Waals surface area contributed by atoms with E-state index in [1.165, 1.54) is 17.9 Å². The van der Waals surface area contributed by atoms with Gasteiger partial charge < -0.3 is 0 Å². The molecule has 2 heterocycles. The topological polar surface area (TPSA) is 20.3 Å². The molecule has 0 aromatic carbocycles. The van der Waals surface area contributed by atoms with Gasteiger partial charge in [0.25, 0.3) is 0 Å². The van der Waals surface area contributed by atoms with Crippen molar-refractivity contribution in [2.45, 2.75) is 45.2 Å². The summed E-state index contributed by atoms with van der Waals surface area (Å²) in [6.07, 6.45) is 3.15. The SMILES string of the molecule is CCC(=O)C1CC2CCSCC2N1CC. The van der Waals surface area contributed by atoms with Gasteiger partial charge in [-0.1, -0.05) is 13.8 Å². The van der Waals surface area contributed by atoms with Crippen LogP contribution in [-0.4, -0.2) is 40.8 Å². The molecule has 0 aromatic rings. The molecule has 0 radical (unpaired) electrons. The summed E-state index contributed by atoms with van der Waals surface area (Å²) < 4.78 is 0. The molecule has 2 rings (SSSR count). The van der Waals surface area contributed by atoms with Gasteiger partial charge >= 0.3 is 0 Å². The summed E-state index contributed by atoms with van der Waals surface area (Å²) in [6, 6.07) is 0.933. The van der Waals surface area contributed by atoms with Crippen LogP contribution in [0, 0.1) is 5.92 Å². The minimum Gasteiger partial charge on any atom is -0.298 e. The van der Waals surface area contributed by atoms with E-state index in [0.29, 0.717) is 18.2 Å². The molecule has 2 nitrogen and oxygen atoms in total. The van der Waals surface area contributed by atoms with E-state index in [1.807, 2.05) is 6.92 Å². The van der Waals surface area contributed by atoms with E-state index >= 15 is 0 Å². The van der Waals surface area contributed by atoms with Gasteiger partial charge in [-0.2, -0.15) is 11.8 Å². The number of nitrogens with zero attached hydrogens (tertiary/aromatic N) is 1. The maximum absolute atomic E-state index is 11.9. The Morgan fingerprint density at radius 1 is 1.47 bits per heavy atom. The number of likely N-dealkylation sites (tertiary alicyclic amines) is 1. The fraction of sp³-hybridized carbons (Fsp3) is 0.917. The summed E-state index contributed by atoms with van der Waals surface area (Å²) in [5.74, 6) is 3.79. The smallest absolute Gasteiger partial charge is 0.149 e. The van der Waals surface area contributed by atoms with Crippen molar-refractivity contribution in [3.63, 3.8) is 0 Å². The van der Waals surface area contributed by atoms with E-state index in [2.05, 4.69) is 23.6 Å². The van der Waals surface area contributed by atoms with Crippen molar-refractivity contribution in [2.24, 2.45) is 5.92 Å². The molecule has 0 bridgehead atoms. The van der Waals surface area contributed by atoms with Crippen LogP contribution in [0.5, 0.6) is 0 Å². The van der Waals surface area contributed by atoms with Crippen LogP contribution in [0.15, 0.2) is 0 Å². The summed E-state index contributed by atoms with van der Waals surface area (Å²) in [7, 11) is 0. The van der Waals surface area contributed by atoms with Crippen molar-refractivity contribution in [3.05, 3.63) is 0 Å². The molecule has 15 heavy (non-hydrogen) atoms. The number of thioether (sulfide) groups is 1. The van der Waals surface area contributed by atoms with Crippen molar-refractivity contribution in [1.29, 1.82) is 0 Å². The Morgan fingerprint density at radius 2 is 2.27 bits per heavy atom. The van der Waals surface area contributed by atoms with Gasteiger partial charge in [0.2, 0.25) is 0 Å². The zero-order valence-corrected chi connectivity index (χ0v) is 10.6. The lowest BCUT2D eigenvalue weighted by atomic mass is 9.95. The predicted molar refractivity (Wildman–Crippen MR) is 65.3 cm³/mol. The number of carbonyl (C=O) groups is 1. The van der Waals surface area contributed by atoms with Crippen molar-refractivity contribution >= 4 is 17.5 Å². The van der Waals surface area contributed by atoms with Crippen molar-refractivity contribution in [2.75, 3.05) is 18.1 Å². The Morgan fingerprint density at radius 3 is 2.93 bits per heavy atom. The normalized spacial score (nSPS) is 36.5. The maximum atomic E-state index is 11.9. The number of likely N-dealkylation sites (N-methyl/N-ethyl adjacent to an activating group) is 1. The predicted octanol–water partition coefficient (Wildman–Crippen LogP) is 2.18. The van der Waals surface area contributed by atoms with Gasteiger partial charge in [-0.3, -0.25) is 9.69 Å². The molecular formula is C12H21NOS. The first-order valence-corrected chi connectivity index (χ1v) is 7.29. The highest BCUT2D eigenvalue weighted by atomic mass is 32.2. The zero-order valence-electron chi connectivity index (χ0n) is 9.74. The Balaban J connectivity index is 2.10. The molecule has 0 aliphatic carbocycles. The number of hydrogen-bond acceptors (Lipinski definition) is 3. The highest BCUT2D eigenvalue weighted by Crippen LogP contribution is 2.38. The van der Waals surface area contributed by atoms with Gasteiger partial charge in [-0.15, -0.1) is 0 Å². The van der Waals surface area contributed by atoms with Crippen molar-refractivity contribution in [1.82, 2.24) is 4.90 Å². The standard InChI is InChI=1S/C12H21NOS/c1-3-12(14)10-7-9-5-6-15-8-11(9)13(10)4-2/h9-11H,3-8H2,1-2H3. The average molecular weight is 227 g/mol. The zero-order chi connectivity index (χ0) is 10.8. The van der Waals surface area contributed by atoms with Crippen LogP contribution >= 0.6 is 11.8 Å². The Labute approximate surface area is 96.8 Å². The maximum Gasteiger partial charge on any atom is 0.149 e. The summed E-state index contributed by atoms with van der Waals surface area (Å²) >= 11 is 2.06. The first-order valence-electron chi connectivity index (χ1n) is 6.14. The molecular weight excluding hydrogens is 206 g/mol. The van der Waals surface area contributed by atoms with Crippen molar-refractivity contribution in [3.8, 4) is 0 Å². The molecule has 86 valence electrons. The Hall–Kier alpha value is -0.0200. The number of rotatable bonds is 3. The molecule has 2 saturated heterocycles. The Kier molecular flexibility index (Phi) is 3.73. The van der Waals surface area contributed by atoms with E-state index in [0.717, 1.165) is 18.9 Å². The van der Waals surface area contributed by atoms with Gasteiger partial charge in [-0.25, -0.2) is 0 Å². The molecule has 0 amide bonds. The van der Waals surface area contributed by atoms with E-state index in [-0.39, 0.29) is 6.04 Å². The highest BCUT2D eigenvalue weighted by molar-refractivity contribution is 7.99. The van der Waals surface area contributed by atoms with Crippen LogP contribution in [0.2, 0.25) is 0 Å². The number of fused-ring (bicyclic) bond motifs is 1. The minimum absolute atomic E-state index is 0.244. The van der Waals surface area contributed by atoms with Crippen LogP contribution in [0.25, 0.3) is 0 Å². The molecule has 0 spiro atoms. The number of hydrogen-bond donors (Lipinski definition) is 0. The third-order valence-electron chi connectivity index (χ3n) is 3.90. The molecule has 3 atom stereocenters. The average Bonchev–Trinajstić information content (AvgIpc) is 2.66.